The first kappa shape index (κ1) is 20.1. The van der Waals surface area contributed by atoms with Gasteiger partial charge in [0.15, 0.2) is 0 Å². The molecule has 2 heterocycles. The lowest BCUT2D eigenvalue weighted by Gasteiger charge is -2.41. The van der Waals surface area contributed by atoms with Crippen LogP contribution in [0.2, 0.25) is 0 Å². The van der Waals surface area contributed by atoms with Crippen LogP contribution in [-0.4, -0.2) is 66.1 Å². The topological polar surface area (TPSA) is 46.2 Å². The molecule has 2 rings (SSSR count). The van der Waals surface area contributed by atoms with Gasteiger partial charge < -0.3 is 23.7 Å². The van der Waals surface area contributed by atoms with Crippen molar-refractivity contribution in [3.8, 4) is 0 Å². The largest absolute Gasteiger partial charge is 0.380 e. The first-order valence-corrected chi connectivity index (χ1v) is 9.63. The van der Waals surface area contributed by atoms with Crippen molar-refractivity contribution in [3.63, 3.8) is 0 Å². The average molecular weight is 344 g/mol. The molecule has 5 nitrogen and oxygen atoms in total. The van der Waals surface area contributed by atoms with Gasteiger partial charge in [0.05, 0.1) is 59.5 Å². The van der Waals surface area contributed by atoms with E-state index in [4.69, 9.17) is 23.7 Å². The molecule has 0 aromatic rings. The highest BCUT2D eigenvalue weighted by molar-refractivity contribution is 4.84. The van der Waals surface area contributed by atoms with E-state index < -0.39 is 0 Å². The predicted octanol–water partition coefficient (Wildman–Crippen LogP) is 3.06. The maximum atomic E-state index is 5.69. The molecule has 0 atom stereocenters. The van der Waals surface area contributed by atoms with Crippen molar-refractivity contribution < 1.29 is 23.7 Å². The average Bonchev–Trinajstić information content (AvgIpc) is 2.52. The molecule has 142 valence electrons. The maximum Gasteiger partial charge on any atom is 0.0701 e. The Bertz CT molecular complexity index is 283. The van der Waals surface area contributed by atoms with Crippen LogP contribution >= 0.6 is 0 Å². The van der Waals surface area contributed by atoms with E-state index in [1.807, 2.05) is 0 Å². The summed E-state index contributed by atoms with van der Waals surface area (Å²) in [5, 5.41) is 0. The van der Waals surface area contributed by atoms with Crippen LogP contribution in [0.4, 0.5) is 0 Å². The summed E-state index contributed by atoms with van der Waals surface area (Å²) in [6, 6.07) is 0. The molecule has 5 heteroatoms. The Hall–Kier alpha value is -0.200. The van der Waals surface area contributed by atoms with Gasteiger partial charge in [-0.3, -0.25) is 0 Å². The van der Waals surface area contributed by atoms with E-state index in [1.54, 1.807) is 0 Å². The second-order valence-corrected chi connectivity index (χ2v) is 7.43. The standard InChI is InChI=1S/C19H36O5/c1-3-18(13-23-14-18)7-5-6-8-20-9-10-21-11-12-22-15-19(4-2)16-24-17-19/h3-17H2,1-2H3. The minimum atomic E-state index is 0.269. The predicted molar refractivity (Wildman–Crippen MR) is 93.4 cm³/mol. The molecule has 2 aliphatic rings. The van der Waals surface area contributed by atoms with Gasteiger partial charge in [-0.25, -0.2) is 0 Å². The number of rotatable bonds is 15. The summed E-state index contributed by atoms with van der Waals surface area (Å²) >= 11 is 0. The lowest BCUT2D eigenvalue weighted by molar-refractivity contribution is -0.153. The summed E-state index contributed by atoms with van der Waals surface area (Å²) in [5.41, 5.74) is 0.746. The van der Waals surface area contributed by atoms with Crippen LogP contribution in [0.25, 0.3) is 0 Å². The molecular weight excluding hydrogens is 308 g/mol. The Kier molecular flexibility index (Phi) is 8.98. The van der Waals surface area contributed by atoms with E-state index in [2.05, 4.69) is 13.8 Å². The van der Waals surface area contributed by atoms with E-state index in [-0.39, 0.29) is 5.41 Å². The molecule has 0 aliphatic carbocycles. The molecule has 0 spiro atoms. The molecule has 2 fully saturated rings. The van der Waals surface area contributed by atoms with Crippen LogP contribution < -0.4 is 0 Å². The van der Waals surface area contributed by atoms with Crippen molar-refractivity contribution in [3.05, 3.63) is 0 Å². The SMILES string of the molecule is CCC1(CCCCOCCOCCOCC2(CC)COC2)COC1. The van der Waals surface area contributed by atoms with Gasteiger partial charge in [-0.2, -0.15) is 0 Å². The molecule has 2 aliphatic heterocycles. The molecule has 0 unspecified atom stereocenters. The highest BCUT2D eigenvalue weighted by Crippen LogP contribution is 2.36. The Labute approximate surface area is 147 Å². The van der Waals surface area contributed by atoms with Crippen molar-refractivity contribution in [2.24, 2.45) is 10.8 Å². The minimum Gasteiger partial charge on any atom is -0.380 e. The van der Waals surface area contributed by atoms with Gasteiger partial charge >= 0.3 is 0 Å². The lowest BCUT2D eigenvalue weighted by atomic mass is 9.78. The fraction of sp³-hybridized carbons (Fsp3) is 1.00. The Morgan fingerprint density at radius 2 is 1.21 bits per heavy atom. The molecule has 2 saturated heterocycles. The summed E-state index contributed by atoms with van der Waals surface area (Å²) in [6.45, 7) is 12.3. The normalized spacial score (nSPS) is 21.2. The molecule has 0 aromatic heterocycles. The minimum absolute atomic E-state index is 0.269. The molecular formula is C19H36O5. The Balaban J connectivity index is 1.30. The number of hydrogen-bond acceptors (Lipinski definition) is 5. The fourth-order valence-corrected chi connectivity index (χ4v) is 3.13. The van der Waals surface area contributed by atoms with E-state index in [1.165, 1.54) is 19.3 Å². The Morgan fingerprint density at radius 3 is 1.71 bits per heavy atom. The fourth-order valence-electron chi connectivity index (χ4n) is 3.13. The molecule has 24 heavy (non-hydrogen) atoms. The van der Waals surface area contributed by atoms with E-state index >= 15 is 0 Å². The van der Waals surface area contributed by atoms with Gasteiger partial charge in [0.2, 0.25) is 0 Å². The highest BCUT2D eigenvalue weighted by atomic mass is 16.5. The quantitative estimate of drug-likeness (QED) is 0.427. The van der Waals surface area contributed by atoms with Gasteiger partial charge in [-0.05, 0) is 25.7 Å². The van der Waals surface area contributed by atoms with Crippen molar-refractivity contribution in [2.75, 3.05) is 66.1 Å². The number of unbranched alkanes of at least 4 members (excludes halogenated alkanes) is 1. The zero-order chi connectivity index (χ0) is 17.1. The third-order valence-electron chi connectivity index (χ3n) is 5.53. The zero-order valence-corrected chi connectivity index (χ0v) is 15.6. The van der Waals surface area contributed by atoms with Gasteiger partial charge in [-0.15, -0.1) is 0 Å². The Morgan fingerprint density at radius 1 is 0.667 bits per heavy atom. The summed E-state index contributed by atoms with van der Waals surface area (Å²) < 4.78 is 27.5. The summed E-state index contributed by atoms with van der Waals surface area (Å²) in [7, 11) is 0. The maximum absolute atomic E-state index is 5.69. The van der Waals surface area contributed by atoms with E-state index in [9.17, 15) is 0 Å². The van der Waals surface area contributed by atoms with E-state index in [0.717, 1.165) is 52.5 Å². The first-order chi connectivity index (χ1) is 11.7. The van der Waals surface area contributed by atoms with Crippen LogP contribution in [-0.2, 0) is 23.7 Å². The first-order valence-electron chi connectivity index (χ1n) is 9.63. The smallest absolute Gasteiger partial charge is 0.0701 e. The summed E-state index contributed by atoms with van der Waals surface area (Å²) in [4.78, 5) is 0. The van der Waals surface area contributed by atoms with Gasteiger partial charge in [0.25, 0.3) is 0 Å². The molecule has 0 radical (unpaired) electrons. The molecule has 0 N–H and O–H groups in total. The van der Waals surface area contributed by atoms with Crippen LogP contribution in [0.3, 0.4) is 0 Å². The van der Waals surface area contributed by atoms with Crippen molar-refractivity contribution in [1.82, 2.24) is 0 Å². The second-order valence-electron chi connectivity index (χ2n) is 7.43. The van der Waals surface area contributed by atoms with Crippen molar-refractivity contribution in [2.45, 2.75) is 46.0 Å². The van der Waals surface area contributed by atoms with Crippen LogP contribution in [0.1, 0.15) is 46.0 Å². The third-order valence-corrected chi connectivity index (χ3v) is 5.53. The third kappa shape index (κ3) is 6.26. The van der Waals surface area contributed by atoms with Gasteiger partial charge in [-0.1, -0.05) is 20.3 Å². The van der Waals surface area contributed by atoms with Crippen molar-refractivity contribution in [1.29, 1.82) is 0 Å². The molecule has 0 bridgehead atoms. The highest BCUT2D eigenvalue weighted by Gasteiger charge is 2.37. The van der Waals surface area contributed by atoms with E-state index in [0.29, 0.717) is 31.8 Å². The second kappa shape index (κ2) is 10.7. The number of hydrogen-bond donors (Lipinski definition) is 0. The van der Waals surface area contributed by atoms with Gasteiger partial charge in [0, 0.05) is 17.4 Å². The monoisotopic (exact) mass is 344 g/mol. The molecule has 0 amide bonds. The van der Waals surface area contributed by atoms with Gasteiger partial charge in [0.1, 0.15) is 0 Å². The van der Waals surface area contributed by atoms with Crippen LogP contribution in [0.15, 0.2) is 0 Å². The van der Waals surface area contributed by atoms with Crippen LogP contribution in [0, 0.1) is 10.8 Å². The van der Waals surface area contributed by atoms with Crippen molar-refractivity contribution >= 4 is 0 Å². The summed E-state index contributed by atoms with van der Waals surface area (Å²) in [5.74, 6) is 0. The number of ether oxygens (including phenoxy) is 5. The zero-order valence-electron chi connectivity index (χ0n) is 15.6. The summed E-state index contributed by atoms with van der Waals surface area (Å²) in [6.07, 6.45) is 5.98. The molecule has 0 aromatic carbocycles. The molecule has 0 saturated carbocycles. The van der Waals surface area contributed by atoms with Crippen LogP contribution in [0.5, 0.6) is 0 Å². The lowest BCUT2D eigenvalue weighted by Crippen LogP contribution is -2.45.